The summed E-state index contributed by atoms with van der Waals surface area (Å²) in [4.78, 5) is 2.95. The van der Waals surface area contributed by atoms with Gasteiger partial charge in [0, 0.05) is 15.8 Å². The number of fused-ring (bicyclic) bond motifs is 1. The third kappa shape index (κ3) is 2.35. The van der Waals surface area contributed by atoms with Crippen LogP contribution in [-0.2, 0) is 12.8 Å². The minimum Gasteiger partial charge on any atom is -0.312 e. The molecular formula is C17H21NS. The van der Waals surface area contributed by atoms with Crippen LogP contribution in [0, 0.1) is 19.8 Å². The van der Waals surface area contributed by atoms with Crippen molar-refractivity contribution in [1.29, 1.82) is 0 Å². The lowest BCUT2D eigenvalue weighted by molar-refractivity contribution is 0.401. The lowest BCUT2D eigenvalue weighted by atomic mass is 9.94. The average molecular weight is 271 g/mol. The van der Waals surface area contributed by atoms with Crippen LogP contribution < -0.4 is 5.32 Å². The molecule has 0 radical (unpaired) electrons. The molecule has 0 spiro atoms. The van der Waals surface area contributed by atoms with Crippen molar-refractivity contribution in [3.63, 3.8) is 0 Å². The van der Waals surface area contributed by atoms with Gasteiger partial charge in [0.25, 0.3) is 0 Å². The SMILES string of the molecule is CNC(c1sc(C)cc1C)C1Cc2ccccc2C1. The van der Waals surface area contributed by atoms with Gasteiger partial charge in [-0.2, -0.15) is 0 Å². The summed E-state index contributed by atoms with van der Waals surface area (Å²) in [7, 11) is 2.10. The summed E-state index contributed by atoms with van der Waals surface area (Å²) in [6.45, 7) is 4.45. The van der Waals surface area contributed by atoms with Crippen molar-refractivity contribution in [3.8, 4) is 0 Å². The Balaban J connectivity index is 1.88. The van der Waals surface area contributed by atoms with Crippen molar-refractivity contribution >= 4 is 11.3 Å². The first-order chi connectivity index (χ1) is 9.19. The van der Waals surface area contributed by atoms with Gasteiger partial charge in [0.1, 0.15) is 0 Å². The van der Waals surface area contributed by atoms with Gasteiger partial charge in [-0.3, -0.25) is 0 Å². The maximum Gasteiger partial charge on any atom is 0.0450 e. The lowest BCUT2D eigenvalue weighted by Crippen LogP contribution is -2.25. The summed E-state index contributed by atoms with van der Waals surface area (Å²) < 4.78 is 0. The van der Waals surface area contributed by atoms with Crippen LogP contribution in [0.25, 0.3) is 0 Å². The van der Waals surface area contributed by atoms with Crippen molar-refractivity contribution in [3.05, 3.63) is 56.8 Å². The first-order valence-electron chi connectivity index (χ1n) is 7.00. The minimum atomic E-state index is 0.492. The number of hydrogen-bond donors (Lipinski definition) is 1. The molecule has 0 bridgehead atoms. The van der Waals surface area contributed by atoms with Crippen LogP contribution in [0.2, 0.25) is 0 Å². The van der Waals surface area contributed by atoms with Crippen LogP contribution in [0.5, 0.6) is 0 Å². The van der Waals surface area contributed by atoms with Crippen molar-refractivity contribution in [2.75, 3.05) is 7.05 Å². The van der Waals surface area contributed by atoms with Crippen LogP contribution in [0.4, 0.5) is 0 Å². The molecule has 1 nitrogen and oxygen atoms in total. The van der Waals surface area contributed by atoms with Crippen molar-refractivity contribution in [2.24, 2.45) is 5.92 Å². The van der Waals surface area contributed by atoms with E-state index in [0.717, 1.165) is 0 Å². The van der Waals surface area contributed by atoms with Gasteiger partial charge in [0.05, 0.1) is 0 Å². The summed E-state index contributed by atoms with van der Waals surface area (Å²) >= 11 is 1.95. The molecule has 0 amide bonds. The van der Waals surface area contributed by atoms with Gasteiger partial charge in [-0.05, 0) is 62.4 Å². The second kappa shape index (κ2) is 5.10. The van der Waals surface area contributed by atoms with Gasteiger partial charge in [-0.15, -0.1) is 11.3 Å². The highest BCUT2D eigenvalue weighted by Crippen LogP contribution is 2.38. The van der Waals surface area contributed by atoms with Gasteiger partial charge < -0.3 is 5.32 Å². The third-order valence-electron chi connectivity index (χ3n) is 4.23. The lowest BCUT2D eigenvalue weighted by Gasteiger charge is -2.22. The normalized spacial score (nSPS) is 16.6. The molecule has 1 unspecified atom stereocenters. The van der Waals surface area contributed by atoms with E-state index in [4.69, 9.17) is 0 Å². The summed E-state index contributed by atoms with van der Waals surface area (Å²) in [5.41, 5.74) is 4.52. The second-order valence-corrected chi connectivity index (χ2v) is 6.90. The zero-order chi connectivity index (χ0) is 13.4. The fourth-order valence-corrected chi connectivity index (χ4v) is 4.62. The van der Waals surface area contributed by atoms with E-state index in [0.29, 0.717) is 12.0 Å². The predicted molar refractivity (Wildman–Crippen MR) is 82.9 cm³/mol. The molecule has 1 N–H and O–H groups in total. The Morgan fingerprint density at radius 2 is 1.79 bits per heavy atom. The molecule has 2 heteroatoms. The standard InChI is InChI=1S/C17H21NS/c1-11-8-12(2)19-17(11)16(18-3)15-9-13-6-4-5-7-14(13)10-15/h4-8,15-16,18H,9-10H2,1-3H3. The number of thiophene rings is 1. The van der Waals surface area contributed by atoms with E-state index in [-0.39, 0.29) is 0 Å². The zero-order valence-corrected chi connectivity index (χ0v) is 12.7. The summed E-state index contributed by atoms with van der Waals surface area (Å²) in [5.74, 6) is 0.694. The number of nitrogens with one attached hydrogen (secondary N) is 1. The van der Waals surface area contributed by atoms with Gasteiger partial charge >= 0.3 is 0 Å². The van der Waals surface area contributed by atoms with Crippen LogP contribution in [-0.4, -0.2) is 7.05 Å². The largest absolute Gasteiger partial charge is 0.312 e. The first kappa shape index (κ1) is 12.9. The maximum absolute atomic E-state index is 3.56. The molecule has 0 saturated heterocycles. The van der Waals surface area contributed by atoms with Gasteiger partial charge in [0.15, 0.2) is 0 Å². The number of benzene rings is 1. The van der Waals surface area contributed by atoms with E-state index in [1.807, 2.05) is 11.3 Å². The quantitative estimate of drug-likeness (QED) is 0.888. The van der Waals surface area contributed by atoms with Gasteiger partial charge in [-0.1, -0.05) is 24.3 Å². The maximum atomic E-state index is 3.56. The van der Waals surface area contributed by atoms with E-state index in [1.54, 1.807) is 11.1 Å². The van der Waals surface area contributed by atoms with Crippen molar-refractivity contribution < 1.29 is 0 Å². The molecule has 1 aliphatic carbocycles. The Kier molecular flexibility index (Phi) is 3.46. The zero-order valence-electron chi connectivity index (χ0n) is 11.9. The summed E-state index contributed by atoms with van der Waals surface area (Å²) in [5, 5.41) is 3.56. The highest BCUT2D eigenvalue weighted by atomic mass is 32.1. The average Bonchev–Trinajstić information content (AvgIpc) is 2.94. The van der Waals surface area contributed by atoms with Gasteiger partial charge in [-0.25, -0.2) is 0 Å². The molecule has 1 aromatic heterocycles. The molecule has 3 rings (SSSR count). The monoisotopic (exact) mass is 271 g/mol. The van der Waals surface area contributed by atoms with E-state index >= 15 is 0 Å². The first-order valence-corrected chi connectivity index (χ1v) is 7.81. The van der Waals surface area contributed by atoms with Crippen LogP contribution in [0.1, 0.15) is 32.5 Å². The molecule has 1 heterocycles. The fraction of sp³-hybridized carbons (Fsp3) is 0.412. The minimum absolute atomic E-state index is 0.492. The molecule has 19 heavy (non-hydrogen) atoms. The molecule has 0 fully saturated rings. The second-order valence-electron chi connectivity index (χ2n) is 5.61. The highest BCUT2D eigenvalue weighted by Gasteiger charge is 2.30. The Bertz CT molecular complexity index is 560. The number of aryl methyl sites for hydroxylation is 2. The summed E-state index contributed by atoms with van der Waals surface area (Å²) in [6.07, 6.45) is 2.41. The molecule has 1 aliphatic rings. The molecular weight excluding hydrogens is 250 g/mol. The molecule has 2 aromatic rings. The Hall–Kier alpha value is -1.12. The van der Waals surface area contributed by atoms with Crippen molar-refractivity contribution in [1.82, 2.24) is 5.32 Å². The third-order valence-corrected chi connectivity index (χ3v) is 5.46. The Morgan fingerprint density at radius 1 is 1.16 bits per heavy atom. The topological polar surface area (TPSA) is 12.0 Å². The van der Waals surface area contributed by atoms with E-state index in [2.05, 4.69) is 56.5 Å². The van der Waals surface area contributed by atoms with E-state index in [9.17, 15) is 0 Å². The Labute approximate surface area is 119 Å². The van der Waals surface area contributed by atoms with Gasteiger partial charge in [0.2, 0.25) is 0 Å². The number of rotatable bonds is 3. The van der Waals surface area contributed by atoms with Crippen LogP contribution in [0.15, 0.2) is 30.3 Å². The molecule has 0 saturated carbocycles. The van der Waals surface area contributed by atoms with E-state index in [1.165, 1.54) is 28.2 Å². The smallest absolute Gasteiger partial charge is 0.0450 e. The molecule has 100 valence electrons. The van der Waals surface area contributed by atoms with Crippen molar-refractivity contribution in [2.45, 2.75) is 32.7 Å². The van der Waals surface area contributed by atoms with E-state index < -0.39 is 0 Å². The fourth-order valence-electron chi connectivity index (χ4n) is 3.38. The molecule has 1 aromatic carbocycles. The van der Waals surface area contributed by atoms with Crippen LogP contribution in [0.3, 0.4) is 0 Å². The highest BCUT2D eigenvalue weighted by molar-refractivity contribution is 7.12. The molecule has 0 aliphatic heterocycles. The molecule has 1 atom stereocenters. The van der Waals surface area contributed by atoms with Crippen LogP contribution >= 0.6 is 11.3 Å². The summed E-state index contributed by atoms with van der Waals surface area (Å²) in [6, 6.07) is 11.7. The number of hydrogen-bond acceptors (Lipinski definition) is 2. The Morgan fingerprint density at radius 3 is 2.26 bits per heavy atom. The predicted octanol–water partition coefficient (Wildman–Crippen LogP) is 4.04.